The largest absolute Gasteiger partial charge is 0.468 e. The number of thiophene rings is 1. The van der Waals surface area contributed by atoms with E-state index in [4.69, 9.17) is 0 Å². The molecule has 0 aliphatic rings. The van der Waals surface area contributed by atoms with Gasteiger partial charge in [-0.15, -0.1) is 11.3 Å². The number of thioether (sulfide) groups is 1. The molecule has 2 heterocycles. The SMILES string of the molecule is COC(=O)CSc1ncnc2scc(-c3ccc(F)cc3)c12. The Labute approximate surface area is 134 Å². The molecule has 0 unspecified atom stereocenters. The Morgan fingerprint density at radius 1 is 1.32 bits per heavy atom. The van der Waals surface area contributed by atoms with E-state index in [0.717, 1.165) is 26.4 Å². The van der Waals surface area contributed by atoms with E-state index in [2.05, 4.69) is 14.7 Å². The number of fused-ring (bicyclic) bond motifs is 1. The molecule has 7 heteroatoms. The van der Waals surface area contributed by atoms with Crippen LogP contribution in [0.3, 0.4) is 0 Å². The molecule has 0 atom stereocenters. The minimum absolute atomic E-state index is 0.182. The molecule has 0 saturated carbocycles. The Kier molecular flexibility index (Phi) is 4.35. The predicted octanol–water partition coefficient (Wildman–Crippen LogP) is 3.76. The highest BCUT2D eigenvalue weighted by Crippen LogP contribution is 2.37. The number of ether oxygens (including phenoxy) is 1. The number of hydrogen-bond donors (Lipinski definition) is 0. The summed E-state index contributed by atoms with van der Waals surface area (Å²) in [4.78, 5) is 20.7. The monoisotopic (exact) mass is 334 g/mol. The maximum Gasteiger partial charge on any atom is 0.316 e. The summed E-state index contributed by atoms with van der Waals surface area (Å²) >= 11 is 2.80. The Balaban J connectivity index is 2.04. The first-order valence-electron chi connectivity index (χ1n) is 6.37. The number of benzene rings is 1. The van der Waals surface area contributed by atoms with Crippen molar-refractivity contribution in [1.82, 2.24) is 9.97 Å². The molecule has 22 heavy (non-hydrogen) atoms. The van der Waals surface area contributed by atoms with Gasteiger partial charge in [0.1, 0.15) is 22.0 Å². The quantitative estimate of drug-likeness (QED) is 0.413. The second-order valence-electron chi connectivity index (χ2n) is 4.38. The molecule has 0 amide bonds. The Morgan fingerprint density at radius 2 is 2.09 bits per heavy atom. The standard InChI is InChI=1S/C15H11FN2O2S2/c1-20-12(19)7-22-15-13-11(6-21-14(13)17-8-18-15)9-2-4-10(16)5-3-9/h2-6,8H,7H2,1H3. The van der Waals surface area contributed by atoms with Crippen molar-refractivity contribution in [3.63, 3.8) is 0 Å². The van der Waals surface area contributed by atoms with Crippen molar-refractivity contribution in [2.24, 2.45) is 0 Å². The molecule has 0 saturated heterocycles. The molecule has 0 aliphatic heterocycles. The van der Waals surface area contributed by atoms with Gasteiger partial charge >= 0.3 is 5.97 Å². The number of nitrogens with zero attached hydrogens (tertiary/aromatic N) is 2. The zero-order valence-corrected chi connectivity index (χ0v) is 13.2. The average Bonchev–Trinajstić information content (AvgIpc) is 2.98. The normalized spacial score (nSPS) is 10.8. The van der Waals surface area contributed by atoms with Gasteiger partial charge in [-0.25, -0.2) is 14.4 Å². The second kappa shape index (κ2) is 6.41. The zero-order valence-electron chi connectivity index (χ0n) is 11.6. The van der Waals surface area contributed by atoms with E-state index in [9.17, 15) is 9.18 Å². The molecule has 0 fully saturated rings. The van der Waals surface area contributed by atoms with Crippen LogP contribution in [-0.4, -0.2) is 28.8 Å². The van der Waals surface area contributed by atoms with Crippen molar-refractivity contribution in [2.75, 3.05) is 12.9 Å². The van der Waals surface area contributed by atoms with E-state index in [1.807, 2.05) is 5.38 Å². The molecule has 0 spiro atoms. The van der Waals surface area contributed by atoms with Crippen LogP contribution < -0.4 is 0 Å². The third-order valence-corrected chi connectivity index (χ3v) is 4.89. The number of rotatable bonds is 4. The lowest BCUT2D eigenvalue weighted by Gasteiger charge is -2.04. The molecular weight excluding hydrogens is 323 g/mol. The third kappa shape index (κ3) is 2.95. The Morgan fingerprint density at radius 3 is 2.82 bits per heavy atom. The minimum Gasteiger partial charge on any atom is -0.468 e. The first-order chi connectivity index (χ1) is 10.7. The first kappa shape index (κ1) is 14.9. The molecule has 0 aliphatic carbocycles. The van der Waals surface area contributed by atoms with Crippen molar-refractivity contribution in [2.45, 2.75) is 5.03 Å². The van der Waals surface area contributed by atoms with Crippen LogP contribution in [0.2, 0.25) is 0 Å². The third-order valence-electron chi connectivity index (χ3n) is 3.05. The van der Waals surface area contributed by atoms with Crippen LogP contribution >= 0.6 is 23.1 Å². The number of carbonyl (C=O) groups excluding carboxylic acids is 1. The van der Waals surface area contributed by atoms with Crippen LogP contribution in [0.4, 0.5) is 4.39 Å². The molecule has 1 aromatic carbocycles. The summed E-state index contributed by atoms with van der Waals surface area (Å²) in [5, 5.41) is 3.57. The van der Waals surface area contributed by atoms with Gasteiger partial charge in [0.15, 0.2) is 0 Å². The number of halogens is 1. The molecule has 0 radical (unpaired) electrons. The van der Waals surface area contributed by atoms with Gasteiger partial charge in [0.2, 0.25) is 0 Å². The fourth-order valence-electron chi connectivity index (χ4n) is 1.99. The molecule has 3 aromatic rings. The van der Waals surface area contributed by atoms with Crippen molar-refractivity contribution < 1.29 is 13.9 Å². The van der Waals surface area contributed by atoms with E-state index in [1.165, 1.54) is 48.7 Å². The summed E-state index contributed by atoms with van der Waals surface area (Å²) in [6.45, 7) is 0. The van der Waals surface area contributed by atoms with Crippen molar-refractivity contribution in [1.29, 1.82) is 0 Å². The Hall–Kier alpha value is -1.99. The van der Waals surface area contributed by atoms with Crippen molar-refractivity contribution >= 4 is 39.3 Å². The van der Waals surface area contributed by atoms with Crippen molar-refractivity contribution in [3.8, 4) is 11.1 Å². The maximum atomic E-state index is 13.1. The number of aromatic nitrogens is 2. The van der Waals surface area contributed by atoms with E-state index in [-0.39, 0.29) is 17.5 Å². The molecular formula is C15H11FN2O2S2. The summed E-state index contributed by atoms with van der Waals surface area (Å²) < 4.78 is 17.7. The summed E-state index contributed by atoms with van der Waals surface area (Å²) in [6, 6.07) is 6.28. The van der Waals surface area contributed by atoms with Crippen LogP contribution in [0.5, 0.6) is 0 Å². The molecule has 0 bridgehead atoms. The lowest BCUT2D eigenvalue weighted by Crippen LogP contribution is -2.03. The predicted molar refractivity (Wildman–Crippen MR) is 85.5 cm³/mol. The highest BCUT2D eigenvalue weighted by molar-refractivity contribution is 8.00. The fraction of sp³-hybridized carbons (Fsp3) is 0.133. The molecule has 112 valence electrons. The molecule has 2 aromatic heterocycles. The van der Waals surface area contributed by atoms with Gasteiger partial charge in [0.25, 0.3) is 0 Å². The van der Waals surface area contributed by atoms with Gasteiger partial charge in [-0.05, 0) is 17.7 Å². The molecule has 0 N–H and O–H groups in total. The summed E-state index contributed by atoms with van der Waals surface area (Å²) in [6.07, 6.45) is 1.48. The average molecular weight is 334 g/mol. The van der Waals surface area contributed by atoms with Gasteiger partial charge in [-0.2, -0.15) is 0 Å². The number of esters is 1. The van der Waals surface area contributed by atoms with Crippen LogP contribution in [0, 0.1) is 5.82 Å². The molecule has 4 nitrogen and oxygen atoms in total. The van der Waals surface area contributed by atoms with Crippen LogP contribution in [0.25, 0.3) is 21.3 Å². The number of carbonyl (C=O) groups is 1. The van der Waals surface area contributed by atoms with E-state index >= 15 is 0 Å². The fourth-order valence-corrected chi connectivity index (χ4v) is 3.81. The summed E-state index contributed by atoms with van der Waals surface area (Å²) in [7, 11) is 1.35. The lowest BCUT2D eigenvalue weighted by atomic mass is 10.1. The van der Waals surface area contributed by atoms with Crippen molar-refractivity contribution in [3.05, 3.63) is 41.8 Å². The van der Waals surface area contributed by atoms with E-state index in [0.29, 0.717) is 0 Å². The van der Waals surface area contributed by atoms with Gasteiger partial charge in [0, 0.05) is 10.9 Å². The van der Waals surface area contributed by atoms with Gasteiger partial charge in [-0.1, -0.05) is 23.9 Å². The highest BCUT2D eigenvalue weighted by Gasteiger charge is 2.14. The topological polar surface area (TPSA) is 52.1 Å². The maximum absolute atomic E-state index is 13.1. The Bertz CT molecular complexity index is 818. The smallest absolute Gasteiger partial charge is 0.316 e. The van der Waals surface area contributed by atoms with Gasteiger partial charge in [-0.3, -0.25) is 4.79 Å². The van der Waals surface area contributed by atoms with Crippen LogP contribution in [0.15, 0.2) is 41.0 Å². The van der Waals surface area contributed by atoms with E-state index in [1.54, 1.807) is 12.1 Å². The van der Waals surface area contributed by atoms with Crippen LogP contribution in [0.1, 0.15) is 0 Å². The zero-order chi connectivity index (χ0) is 15.5. The van der Waals surface area contributed by atoms with Gasteiger partial charge in [0.05, 0.1) is 18.2 Å². The lowest BCUT2D eigenvalue weighted by molar-refractivity contribution is -0.137. The van der Waals surface area contributed by atoms with Gasteiger partial charge < -0.3 is 4.74 Å². The minimum atomic E-state index is -0.310. The highest BCUT2D eigenvalue weighted by atomic mass is 32.2. The van der Waals surface area contributed by atoms with Crippen LogP contribution in [-0.2, 0) is 9.53 Å². The first-order valence-corrected chi connectivity index (χ1v) is 8.23. The summed E-state index contributed by atoms with van der Waals surface area (Å²) in [5.41, 5.74) is 1.83. The number of hydrogen-bond acceptors (Lipinski definition) is 6. The number of methoxy groups -OCH3 is 1. The molecule has 3 rings (SSSR count). The second-order valence-corrected chi connectivity index (χ2v) is 6.20. The van der Waals surface area contributed by atoms with E-state index < -0.39 is 0 Å². The summed E-state index contributed by atoms with van der Waals surface area (Å²) in [5.74, 6) is -0.406.